The highest BCUT2D eigenvalue weighted by Crippen LogP contribution is 2.08. The Morgan fingerprint density at radius 1 is 1.39 bits per heavy atom. The Hall–Kier alpha value is -0.760. The molecule has 0 radical (unpaired) electrons. The lowest BCUT2D eigenvalue weighted by Gasteiger charge is -2.23. The summed E-state index contributed by atoms with van der Waals surface area (Å²) in [6.45, 7) is 3.38. The van der Waals surface area contributed by atoms with Crippen molar-refractivity contribution in [3.05, 3.63) is 17.8 Å². The molecular formula is C10H17ClN4O2S. The minimum atomic E-state index is -3.54. The van der Waals surface area contributed by atoms with Gasteiger partial charge in [-0.05, 0) is 38.4 Å². The Morgan fingerprint density at radius 2 is 2.17 bits per heavy atom. The summed E-state index contributed by atoms with van der Waals surface area (Å²) in [5.74, 6) is 0. The van der Waals surface area contributed by atoms with Crippen LogP contribution in [0.1, 0.15) is 18.5 Å². The normalized spacial score (nSPS) is 20.2. The molecule has 0 aromatic carbocycles. The molecule has 1 fully saturated rings. The van der Waals surface area contributed by atoms with Crippen LogP contribution in [0.15, 0.2) is 17.2 Å². The van der Waals surface area contributed by atoms with Gasteiger partial charge in [-0.1, -0.05) is 0 Å². The van der Waals surface area contributed by atoms with Crippen LogP contribution < -0.4 is 10.0 Å². The minimum Gasteiger partial charge on any atom is -0.315 e. The van der Waals surface area contributed by atoms with Gasteiger partial charge in [-0.15, -0.1) is 17.5 Å². The van der Waals surface area contributed by atoms with Crippen LogP contribution in [-0.4, -0.2) is 37.7 Å². The molecular weight excluding hydrogens is 276 g/mol. The van der Waals surface area contributed by atoms with E-state index in [0.29, 0.717) is 12.2 Å². The van der Waals surface area contributed by atoms with Crippen molar-refractivity contribution in [3.8, 4) is 0 Å². The topological polar surface area (TPSA) is 84.0 Å². The van der Waals surface area contributed by atoms with Gasteiger partial charge in [0, 0.05) is 12.6 Å². The van der Waals surface area contributed by atoms with Gasteiger partial charge in [0.15, 0.2) is 5.03 Å². The van der Waals surface area contributed by atoms with Crippen molar-refractivity contribution < 1.29 is 8.42 Å². The molecule has 18 heavy (non-hydrogen) atoms. The van der Waals surface area contributed by atoms with Crippen LogP contribution in [0.4, 0.5) is 0 Å². The van der Waals surface area contributed by atoms with Crippen LogP contribution in [0.5, 0.6) is 0 Å². The SMILES string of the molecule is Cc1ccc(S(=O)(=O)NC2CCCNC2)nn1.Cl. The third-order valence-electron chi connectivity index (χ3n) is 2.67. The van der Waals surface area contributed by atoms with Crippen LogP contribution in [0.2, 0.25) is 0 Å². The Bertz CT molecular complexity index is 471. The number of hydrogen-bond donors (Lipinski definition) is 2. The van der Waals surface area contributed by atoms with Crippen molar-refractivity contribution in [1.82, 2.24) is 20.2 Å². The number of nitrogens with zero attached hydrogens (tertiary/aromatic N) is 2. The number of sulfonamides is 1. The maximum absolute atomic E-state index is 12.0. The molecule has 6 nitrogen and oxygen atoms in total. The van der Waals surface area contributed by atoms with E-state index in [1.807, 2.05) is 0 Å². The van der Waals surface area contributed by atoms with Crippen LogP contribution in [-0.2, 0) is 10.0 Å². The van der Waals surface area contributed by atoms with Crippen molar-refractivity contribution in [2.24, 2.45) is 0 Å². The fourth-order valence-electron chi connectivity index (χ4n) is 1.76. The lowest BCUT2D eigenvalue weighted by Crippen LogP contribution is -2.45. The van der Waals surface area contributed by atoms with Crippen molar-refractivity contribution in [1.29, 1.82) is 0 Å². The zero-order valence-electron chi connectivity index (χ0n) is 10.1. The summed E-state index contributed by atoms with van der Waals surface area (Å²) in [7, 11) is -3.54. The first-order valence-electron chi connectivity index (χ1n) is 5.61. The summed E-state index contributed by atoms with van der Waals surface area (Å²) in [5, 5.41) is 10.6. The highest BCUT2D eigenvalue weighted by molar-refractivity contribution is 7.89. The molecule has 102 valence electrons. The molecule has 8 heteroatoms. The third-order valence-corrected chi connectivity index (χ3v) is 4.08. The molecule has 0 spiro atoms. The van der Waals surface area contributed by atoms with Gasteiger partial charge in [0.2, 0.25) is 0 Å². The zero-order valence-corrected chi connectivity index (χ0v) is 11.7. The van der Waals surface area contributed by atoms with E-state index in [2.05, 4.69) is 20.2 Å². The van der Waals surface area contributed by atoms with Crippen molar-refractivity contribution in [2.45, 2.75) is 30.8 Å². The van der Waals surface area contributed by atoms with Crippen LogP contribution >= 0.6 is 12.4 Å². The fourth-order valence-corrected chi connectivity index (χ4v) is 2.92. The summed E-state index contributed by atoms with van der Waals surface area (Å²) < 4.78 is 26.6. The lowest BCUT2D eigenvalue weighted by molar-refractivity contribution is 0.428. The van der Waals surface area contributed by atoms with Gasteiger partial charge in [0.25, 0.3) is 10.0 Å². The van der Waals surface area contributed by atoms with Crippen molar-refractivity contribution in [3.63, 3.8) is 0 Å². The average Bonchev–Trinajstić information content (AvgIpc) is 2.30. The first-order chi connectivity index (χ1) is 8.08. The quantitative estimate of drug-likeness (QED) is 0.834. The van der Waals surface area contributed by atoms with E-state index < -0.39 is 10.0 Å². The van der Waals surface area contributed by atoms with E-state index in [9.17, 15) is 8.42 Å². The molecule has 2 rings (SSSR count). The van der Waals surface area contributed by atoms with Crippen molar-refractivity contribution in [2.75, 3.05) is 13.1 Å². The first-order valence-corrected chi connectivity index (χ1v) is 7.09. The molecule has 0 aliphatic carbocycles. The summed E-state index contributed by atoms with van der Waals surface area (Å²) in [6.07, 6.45) is 1.83. The molecule has 1 aromatic heterocycles. The van der Waals surface area contributed by atoms with Gasteiger partial charge in [0.05, 0.1) is 5.69 Å². The van der Waals surface area contributed by atoms with Gasteiger partial charge in [0.1, 0.15) is 0 Å². The number of aromatic nitrogens is 2. The maximum atomic E-state index is 12.0. The standard InChI is InChI=1S/C10H16N4O2S.ClH/c1-8-4-5-10(13-12-8)17(15,16)14-9-3-2-6-11-7-9;/h4-5,9,11,14H,2-3,6-7H2,1H3;1H. The molecule has 1 aromatic rings. The molecule has 1 aliphatic rings. The van der Waals surface area contributed by atoms with Gasteiger partial charge < -0.3 is 5.32 Å². The number of piperidine rings is 1. The molecule has 1 atom stereocenters. The summed E-state index contributed by atoms with van der Waals surface area (Å²) >= 11 is 0. The zero-order chi connectivity index (χ0) is 12.3. The van der Waals surface area contributed by atoms with Crippen molar-refractivity contribution >= 4 is 22.4 Å². The van der Waals surface area contributed by atoms with E-state index in [1.165, 1.54) is 6.07 Å². The predicted molar refractivity (Wildman–Crippen MR) is 70.2 cm³/mol. The lowest BCUT2D eigenvalue weighted by atomic mass is 10.1. The van der Waals surface area contributed by atoms with Crippen LogP contribution in [0.3, 0.4) is 0 Å². The van der Waals surface area contributed by atoms with E-state index in [4.69, 9.17) is 0 Å². The largest absolute Gasteiger partial charge is 0.315 e. The molecule has 2 N–H and O–H groups in total. The van der Waals surface area contributed by atoms with Crippen LogP contribution in [0.25, 0.3) is 0 Å². The van der Waals surface area contributed by atoms with Gasteiger partial charge in [-0.3, -0.25) is 0 Å². The van der Waals surface area contributed by atoms with E-state index in [0.717, 1.165) is 19.4 Å². The second kappa shape index (κ2) is 6.42. The average molecular weight is 293 g/mol. The number of aryl methyl sites for hydroxylation is 1. The Morgan fingerprint density at radius 3 is 2.72 bits per heavy atom. The van der Waals surface area contributed by atoms with E-state index in [1.54, 1.807) is 13.0 Å². The first kappa shape index (κ1) is 15.3. The molecule has 1 unspecified atom stereocenters. The molecule has 1 saturated heterocycles. The number of nitrogens with one attached hydrogen (secondary N) is 2. The summed E-state index contributed by atoms with van der Waals surface area (Å²) in [5.41, 5.74) is 0.697. The fraction of sp³-hybridized carbons (Fsp3) is 0.600. The second-order valence-electron chi connectivity index (χ2n) is 4.18. The molecule has 2 heterocycles. The smallest absolute Gasteiger partial charge is 0.260 e. The van der Waals surface area contributed by atoms with Gasteiger partial charge in [-0.2, -0.15) is 5.10 Å². The third kappa shape index (κ3) is 3.88. The Labute approximate surface area is 113 Å². The number of rotatable bonds is 3. The highest BCUT2D eigenvalue weighted by Gasteiger charge is 2.22. The number of halogens is 1. The maximum Gasteiger partial charge on any atom is 0.260 e. The van der Waals surface area contributed by atoms with E-state index >= 15 is 0 Å². The van der Waals surface area contributed by atoms with E-state index in [-0.39, 0.29) is 23.5 Å². The van der Waals surface area contributed by atoms with Gasteiger partial charge >= 0.3 is 0 Å². The number of hydrogen-bond acceptors (Lipinski definition) is 5. The molecule has 1 aliphatic heterocycles. The van der Waals surface area contributed by atoms with Crippen LogP contribution in [0, 0.1) is 6.92 Å². The summed E-state index contributed by atoms with van der Waals surface area (Å²) in [6, 6.07) is 3.05. The second-order valence-corrected chi connectivity index (χ2v) is 5.84. The summed E-state index contributed by atoms with van der Waals surface area (Å²) in [4.78, 5) is 0. The monoisotopic (exact) mass is 292 g/mol. The highest BCUT2D eigenvalue weighted by atomic mass is 35.5. The molecule has 0 amide bonds. The Kier molecular flexibility index (Phi) is 5.46. The Balaban J connectivity index is 0.00000162. The predicted octanol–water partition coefficient (Wildman–Crippen LogP) is 0.237. The van der Waals surface area contributed by atoms with Gasteiger partial charge in [-0.25, -0.2) is 13.1 Å². The molecule has 0 bridgehead atoms. The molecule has 0 saturated carbocycles. The minimum absolute atomic E-state index is 0.